The molecule has 0 N–H and O–H groups in total. The van der Waals surface area contributed by atoms with Gasteiger partial charge in [-0.1, -0.05) is 236 Å². The predicted molar refractivity (Wildman–Crippen MR) is 620 cm³/mol. The second kappa shape index (κ2) is 49.7. The van der Waals surface area contributed by atoms with E-state index < -0.39 is 0 Å². The van der Waals surface area contributed by atoms with Gasteiger partial charge < -0.3 is 86.4 Å². The quantitative estimate of drug-likeness (QED) is 0.0257. The molecule has 18 rings (SSSR count). The zero-order chi connectivity index (χ0) is 105. The third-order valence-electron chi connectivity index (χ3n) is 29.5. The van der Waals surface area contributed by atoms with Crippen molar-refractivity contribution in [2.75, 3.05) is 155 Å². The molecule has 0 unspecified atom stereocenters. The molecule has 0 saturated carbocycles. The van der Waals surface area contributed by atoms with Gasteiger partial charge >= 0.3 is 0 Å². The van der Waals surface area contributed by atoms with Gasteiger partial charge in [0.05, 0.1) is 132 Å². The van der Waals surface area contributed by atoms with E-state index in [-0.39, 0.29) is 71.7 Å². The van der Waals surface area contributed by atoms with Gasteiger partial charge in [0, 0.05) is 85.2 Å². The van der Waals surface area contributed by atoms with Crippen molar-refractivity contribution in [3.05, 3.63) is 97.1 Å². The normalized spacial score (nSPS) is 13.0. The molecule has 3 aliphatic rings. The Morgan fingerprint density at radius 3 is 1.20 bits per heavy atom. The first-order valence-electron chi connectivity index (χ1n) is 55.8. The minimum Gasteiger partial charge on any atom is -0.492 e. The molecule has 0 amide bonds. The smallest absolute Gasteiger partial charge is 0.287 e. The largest absolute Gasteiger partial charge is 0.492 e. The average molecular weight is 2150 g/mol. The summed E-state index contributed by atoms with van der Waals surface area (Å²) in [6.45, 7) is 66.5. The van der Waals surface area contributed by atoms with Crippen LogP contribution in [0.2, 0.25) is 0 Å². The fraction of sp³-hybridized carbons (Fsp3) is 0.533. The summed E-state index contributed by atoms with van der Waals surface area (Å²) in [7, 11) is 2.21. The maximum Gasteiger partial charge on any atom is 0.287 e. The number of likely N-dealkylation sites (N-methyl/N-ethyl adjacent to an activating group) is 3. The number of aromatic nitrogens is 10. The van der Waals surface area contributed by atoms with Crippen LogP contribution in [0.25, 0.3) is 130 Å². The molecule has 30 heteroatoms. The third-order valence-corrected chi connectivity index (χ3v) is 34.1. The first-order chi connectivity index (χ1) is 72.2. The summed E-state index contributed by atoms with van der Waals surface area (Å²) in [6.07, 6.45) is 6.71. The van der Waals surface area contributed by atoms with Crippen LogP contribution in [0.1, 0.15) is 217 Å². The topological polar surface area (TPSA) is 203 Å². The van der Waals surface area contributed by atoms with Crippen molar-refractivity contribution in [3.63, 3.8) is 0 Å². The van der Waals surface area contributed by atoms with E-state index in [1.165, 1.54) is 0 Å². The molecular weight excluding hydrogens is 1990 g/mol. The van der Waals surface area contributed by atoms with Gasteiger partial charge in [-0.3, -0.25) is 0 Å². The second-order valence-corrected chi connectivity index (χ2v) is 47.9. The van der Waals surface area contributed by atoms with Crippen LogP contribution in [0.15, 0.2) is 121 Å². The van der Waals surface area contributed by atoms with Gasteiger partial charge in [-0.2, -0.15) is 9.61 Å². The SMILES string of the molecule is CCN(C)CCCN1c2ccccc2Sc2c1c(OCCC(C)C)c1c3nc4nc(nc5c6c(OCCC(C)C)c7sc8ccccc8n(CCN(CC)CC)c7c(OCCC(C)C)c6c6nc7c8c(OCCC(C)C)c9sc%10ccccc%10n(CCN(CC)CC)c9c(OCCC(C)C)c8c(nc([n-]3)c1c2OCCC(C)C)[n+]7on56)-c1c(OCCC(C)C)c2c(c(OCCC(C)C)c1-4)Sc1ccccc1N2CCN(CC)CC.[V]. The molecule has 0 saturated heterocycles. The summed E-state index contributed by atoms with van der Waals surface area (Å²) in [6, 6.07) is 35.3. The van der Waals surface area contributed by atoms with Crippen molar-refractivity contribution in [3.8, 4) is 68.8 Å². The summed E-state index contributed by atoms with van der Waals surface area (Å²) in [5.41, 5.74) is 11.0. The molecule has 0 atom stereocenters. The fourth-order valence-electron chi connectivity index (χ4n) is 20.3. The van der Waals surface area contributed by atoms with E-state index in [2.05, 4.69) is 302 Å². The van der Waals surface area contributed by atoms with Crippen molar-refractivity contribution in [1.29, 1.82) is 0 Å². The molecule has 10 heterocycles. The van der Waals surface area contributed by atoms with E-state index >= 15 is 0 Å². The molecule has 803 valence electrons. The Balaban J connectivity index is 0.0000153. The van der Waals surface area contributed by atoms with Crippen molar-refractivity contribution >= 4 is 176 Å². The summed E-state index contributed by atoms with van der Waals surface area (Å²) < 4.78 is 85.0. The number of nitrogens with zero attached hydrogens (tertiary/aromatic N) is 16. The number of anilines is 4. The molecule has 15 aromatic rings. The van der Waals surface area contributed by atoms with Gasteiger partial charge in [-0.25, -0.2) is 4.98 Å². The number of hydrogen-bond acceptors (Lipinski definition) is 24. The van der Waals surface area contributed by atoms with E-state index in [0.717, 1.165) is 213 Å². The van der Waals surface area contributed by atoms with Gasteiger partial charge in [0.25, 0.3) is 16.9 Å². The molecule has 6 bridgehead atoms. The van der Waals surface area contributed by atoms with E-state index in [9.17, 15) is 0 Å². The molecular formula is C120H160N16O9S4V. The Labute approximate surface area is 915 Å². The summed E-state index contributed by atoms with van der Waals surface area (Å²) in [5.74, 6) is 7.54. The van der Waals surface area contributed by atoms with Crippen molar-refractivity contribution in [2.24, 2.45) is 47.3 Å². The van der Waals surface area contributed by atoms with Crippen LogP contribution in [0.3, 0.4) is 0 Å². The maximum atomic E-state index is 8.61. The molecule has 0 fully saturated rings. The van der Waals surface area contributed by atoms with Crippen LogP contribution in [0, 0.1) is 47.3 Å². The zero-order valence-electron chi connectivity index (χ0n) is 93.4. The van der Waals surface area contributed by atoms with Crippen LogP contribution in [0.5, 0.6) is 46.0 Å². The Bertz CT molecular complexity index is 7440. The Kier molecular flexibility index (Phi) is 36.8. The minimum atomic E-state index is 0. The Morgan fingerprint density at radius 1 is 0.353 bits per heavy atom. The monoisotopic (exact) mass is 2150 g/mol. The van der Waals surface area contributed by atoms with Gasteiger partial charge in [0.1, 0.15) is 50.1 Å². The van der Waals surface area contributed by atoms with E-state index in [0.29, 0.717) is 208 Å². The van der Waals surface area contributed by atoms with Crippen molar-refractivity contribution in [2.45, 2.75) is 250 Å². The van der Waals surface area contributed by atoms with Crippen LogP contribution >= 0.6 is 46.2 Å². The van der Waals surface area contributed by atoms with Crippen LogP contribution in [-0.2, 0) is 31.6 Å². The number of ether oxygens (including phenoxy) is 8. The second-order valence-electron chi connectivity index (χ2n) is 43.7. The Hall–Kier alpha value is -9.92. The van der Waals surface area contributed by atoms with E-state index in [1.54, 1.807) is 46.2 Å². The minimum absolute atomic E-state index is 0. The molecule has 150 heavy (non-hydrogen) atoms. The first kappa shape index (κ1) is 111. The number of fused-ring (bicyclic) bond motifs is 24. The average Bonchev–Trinajstić information content (AvgIpc) is 1.51. The summed E-state index contributed by atoms with van der Waals surface area (Å²) in [4.78, 5) is 57.3. The van der Waals surface area contributed by atoms with Crippen molar-refractivity contribution < 1.29 is 65.7 Å². The van der Waals surface area contributed by atoms with E-state index in [4.69, 9.17) is 72.4 Å². The van der Waals surface area contributed by atoms with Crippen LogP contribution < -0.4 is 57.3 Å². The molecule has 3 aliphatic heterocycles. The van der Waals surface area contributed by atoms with Gasteiger partial charge in [-0.05, 0) is 222 Å². The molecule has 0 aliphatic carbocycles. The molecule has 25 nitrogen and oxygen atoms in total. The molecule has 1 radical (unpaired) electrons. The number of hydrogen-bond donors (Lipinski definition) is 0. The zero-order valence-corrected chi connectivity index (χ0v) is 98.1. The Morgan fingerprint density at radius 2 is 0.713 bits per heavy atom. The van der Waals surface area contributed by atoms with Gasteiger partial charge in [-0.15, -0.1) is 27.7 Å². The van der Waals surface area contributed by atoms with Crippen molar-refractivity contribution in [1.82, 2.24) is 63.2 Å². The summed E-state index contributed by atoms with van der Waals surface area (Å²) >= 11 is 6.85. The maximum absolute atomic E-state index is 8.61. The van der Waals surface area contributed by atoms with Crippen LogP contribution in [-0.4, -0.2) is 203 Å². The third kappa shape index (κ3) is 22.8. The van der Waals surface area contributed by atoms with Crippen LogP contribution in [0.4, 0.5) is 22.7 Å². The number of para-hydroxylation sites is 4. The van der Waals surface area contributed by atoms with Gasteiger partial charge in [0.2, 0.25) is 5.65 Å². The van der Waals surface area contributed by atoms with Gasteiger partial charge in [0.15, 0.2) is 46.0 Å². The van der Waals surface area contributed by atoms with E-state index in [1.807, 2.05) is 9.15 Å². The summed E-state index contributed by atoms with van der Waals surface area (Å²) in [5, 5.41) is 3.71. The number of rotatable bonds is 52. The molecule has 8 aromatic carbocycles. The molecule has 0 spiro atoms. The fourth-order valence-corrected chi connectivity index (χ4v) is 25.2. The number of benzene rings is 8. The predicted octanol–water partition coefficient (Wildman–Crippen LogP) is 29.2. The standard InChI is InChI=1S/C120H160N16O9S4.V/c1-25-127(24)57-40-58-131-81-41-32-36-45-85(81)146-109-97(131)101(137-65-49-73(8)9)89-92(106(109)142-70-54-78(18)19)116-122-113(89)121-114-91-90(102(138-66-50-74(10)11)98-110(105(91)141-69-53-77(16)17)147-86-46-37-33-42-82(86)132(98)62-59-128(26-2)27-3)115(123-114)124-118-95-94(104(140-68-52-76(14)15)100-111(107(95)143-71-55-79(20)21)148-87-47-38-35-44-84(87)134(100)64-61-130(30-6)31-7)119-126-120-96-93(117(125-116)135(120)145-136(118)119)103(139-67-51-75(12)13)99-112(108(96)144-72-56-80(22)23)149-88-48-39-34-43-83(88)133(99)63-60-129(28-4)29-5;/h32-39,41-48,73-80H,25-31,40,49-72H2,1-24H3;. The molecule has 7 aromatic heterocycles. The first-order valence-corrected chi connectivity index (χ1v) is 59.0.